The molecule has 0 bridgehead atoms. The van der Waals surface area contributed by atoms with E-state index < -0.39 is 17.5 Å². The molecule has 0 aliphatic carbocycles. The van der Waals surface area contributed by atoms with Crippen molar-refractivity contribution in [1.29, 1.82) is 0 Å². The minimum atomic E-state index is -0.904. The van der Waals surface area contributed by atoms with Gasteiger partial charge in [0.05, 0.1) is 5.56 Å². The Kier molecular flexibility index (Phi) is 5.11. The van der Waals surface area contributed by atoms with Crippen molar-refractivity contribution in [3.05, 3.63) is 64.1 Å². The van der Waals surface area contributed by atoms with Crippen molar-refractivity contribution in [2.24, 2.45) is 5.92 Å². The molecule has 1 aliphatic rings. The second kappa shape index (κ2) is 7.47. The first-order valence-electron chi connectivity index (χ1n) is 8.18. The van der Waals surface area contributed by atoms with Crippen molar-refractivity contribution in [1.82, 2.24) is 9.88 Å². The number of pyridine rings is 1. The van der Waals surface area contributed by atoms with Gasteiger partial charge in [-0.05, 0) is 25.0 Å². The standard InChI is InChI=1S/C18H17F2N3O3/c19-12-1-2-13(14(20)9-12)18(26)23-7-4-11(5-8-23)17(25)22-15-10-21-6-3-16(15)24/h1-3,6,9-11H,4-5,7-8H2,(H,21,24)(H,22,25). The van der Waals surface area contributed by atoms with Gasteiger partial charge >= 0.3 is 0 Å². The van der Waals surface area contributed by atoms with Gasteiger partial charge < -0.3 is 15.2 Å². The van der Waals surface area contributed by atoms with E-state index in [0.29, 0.717) is 18.9 Å². The fourth-order valence-corrected chi connectivity index (χ4v) is 2.93. The van der Waals surface area contributed by atoms with Gasteiger partial charge in [0.2, 0.25) is 11.3 Å². The van der Waals surface area contributed by atoms with E-state index in [1.165, 1.54) is 23.4 Å². The zero-order valence-electron chi connectivity index (χ0n) is 13.8. The van der Waals surface area contributed by atoms with Crippen LogP contribution in [0.3, 0.4) is 0 Å². The van der Waals surface area contributed by atoms with E-state index in [0.717, 1.165) is 12.1 Å². The first kappa shape index (κ1) is 17.8. The van der Waals surface area contributed by atoms with E-state index in [1.54, 1.807) is 0 Å². The Morgan fingerprint density at radius 1 is 1.15 bits per heavy atom. The minimum absolute atomic E-state index is 0.171. The molecule has 1 saturated heterocycles. The molecule has 0 spiro atoms. The van der Waals surface area contributed by atoms with Gasteiger partial charge in [0.25, 0.3) is 5.91 Å². The number of amides is 2. The Morgan fingerprint density at radius 2 is 1.88 bits per heavy atom. The van der Waals surface area contributed by atoms with E-state index in [-0.39, 0.29) is 41.6 Å². The molecule has 136 valence electrons. The molecule has 2 heterocycles. The highest BCUT2D eigenvalue weighted by atomic mass is 19.1. The third kappa shape index (κ3) is 3.79. The molecule has 2 aromatic rings. The number of anilines is 1. The number of aromatic nitrogens is 1. The maximum Gasteiger partial charge on any atom is 0.256 e. The smallest absolute Gasteiger partial charge is 0.256 e. The van der Waals surface area contributed by atoms with Crippen LogP contribution in [0.1, 0.15) is 23.2 Å². The zero-order chi connectivity index (χ0) is 18.7. The number of hydrogen-bond acceptors (Lipinski definition) is 3. The van der Waals surface area contributed by atoms with Crippen LogP contribution >= 0.6 is 0 Å². The molecule has 1 fully saturated rings. The molecule has 6 nitrogen and oxygen atoms in total. The number of nitrogens with zero attached hydrogens (tertiary/aromatic N) is 1. The first-order chi connectivity index (χ1) is 12.5. The van der Waals surface area contributed by atoms with Gasteiger partial charge in [0.15, 0.2) is 0 Å². The summed E-state index contributed by atoms with van der Waals surface area (Å²) in [6.07, 6.45) is 3.67. The number of piperidine rings is 1. The van der Waals surface area contributed by atoms with Crippen LogP contribution < -0.4 is 10.7 Å². The van der Waals surface area contributed by atoms with Crippen LogP contribution in [0, 0.1) is 17.6 Å². The van der Waals surface area contributed by atoms with Gasteiger partial charge in [0, 0.05) is 43.5 Å². The Hall–Kier alpha value is -3.03. The third-order valence-corrected chi connectivity index (χ3v) is 4.40. The highest BCUT2D eigenvalue weighted by molar-refractivity contribution is 5.95. The Balaban J connectivity index is 1.60. The Bertz CT molecular complexity index is 889. The fourth-order valence-electron chi connectivity index (χ4n) is 2.93. The van der Waals surface area contributed by atoms with E-state index >= 15 is 0 Å². The Morgan fingerprint density at radius 3 is 2.54 bits per heavy atom. The SMILES string of the molecule is O=C(Nc1c[nH]ccc1=O)C1CCN(C(=O)c2ccc(F)cc2F)CC1. The lowest BCUT2D eigenvalue weighted by Crippen LogP contribution is -2.42. The lowest BCUT2D eigenvalue weighted by molar-refractivity contribution is -0.121. The molecule has 0 unspecified atom stereocenters. The maximum absolute atomic E-state index is 13.8. The van der Waals surface area contributed by atoms with Crippen molar-refractivity contribution in [3.8, 4) is 0 Å². The predicted molar refractivity (Wildman–Crippen MR) is 90.7 cm³/mol. The molecule has 2 amide bonds. The van der Waals surface area contributed by atoms with Crippen LogP contribution in [0.15, 0.2) is 41.5 Å². The number of halogens is 2. The molecular formula is C18H17F2N3O3. The number of nitrogens with one attached hydrogen (secondary N) is 2. The largest absolute Gasteiger partial charge is 0.366 e. The van der Waals surface area contributed by atoms with Crippen LogP contribution in [0.25, 0.3) is 0 Å². The molecule has 0 radical (unpaired) electrons. The summed E-state index contributed by atoms with van der Waals surface area (Å²) >= 11 is 0. The summed E-state index contributed by atoms with van der Waals surface area (Å²) < 4.78 is 26.7. The summed E-state index contributed by atoms with van der Waals surface area (Å²) in [5, 5.41) is 2.58. The second-order valence-corrected chi connectivity index (χ2v) is 6.10. The number of benzene rings is 1. The van der Waals surface area contributed by atoms with Crippen LogP contribution in [0.5, 0.6) is 0 Å². The van der Waals surface area contributed by atoms with E-state index in [2.05, 4.69) is 10.3 Å². The summed E-state index contributed by atoms with van der Waals surface area (Å²) in [7, 11) is 0. The highest BCUT2D eigenvalue weighted by Gasteiger charge is 2.29. The lowest BCUT2D eigenvalue weighted by Gasteiger charge is -2.31. The molecule has 0 saturated carbocycles. The molecule has 3 rings (SSSR count). The predicted octanol–water partition coefficient (Wildman–Crippen LogP) is 2.14. The van der Waals surface area contributed by atoms with E-state index in [1.807, 2.05) is 0 Å². The number of rotatable bonds is 3. The average Bonchev–Trinajstić information content (AvgIpc) is 2.63. The van der Waals surface area contributed by atoms with Gasteiger partial charge in [-0.2, -0.15) is 0 Å². The summed E-state index contributed by atoms with van der Waals surface area (Å²) in [5.41, 5.74) is -0.314. The molecule has 1 aliphatic heterocycles. The summed E-state index contributed by atoms with van der Waals surface area (Å²) in [5.74, 6) is -2.82. The quantitative estimate of drug-likeness (QED) is 0.879. The van der Waals surface area contributed by atoms with Crippen molar-refractivity contribution >= 4 is 17.5 Å². The van der Waals surface area contributed by atoms with Gasteiger partial charge in [-0.15, -0.1) is 0 Å². The van der Waals surface area contributed by atoms with Crippen LogP contribution in [-0.4, -0.2) is 34.8 Å². The van der Waals surface area contributed by atoms with Crippen LogP contribution in [-0.2, 0) is 4.79 Å². The second-order valence-electron chi connectivity index (χ2n) is 6.10. The normalized spacial score (nSPS) is 14.9. The molecule has 8 heteroatoms. The molecule has 26 heavy (non-hydrogen) atoms. The van der Waals surface area contributed by atoms with Crippen molar-refractivity contribution in [2.45, 2.75) is 12.8 Å². The Labute approximate surface area is 147 Å². The van der Waals surface area contributed by atoms with Crippen molar-refractivity contribution in [3.63, 3.8) is 0 Å². The number of hydrogen-bond donors (Lipinski definition) is 2. The van der Waals surface area contributed by atoms with Crippen molar-refractivity contribution in [2.75, 3.05) is 18.4 Å². The van der Waals surface area contributed by atoms with Gasteiger partial charge in [-0.3, -0.25) is 14.4 Å². The summed E-state index contributed by atoms with van der Waals surface area (Å²) in [4.78, 5) is 40.5. The number of carbonyl (C=O) groups is 2. The molecular weight excluding hydrogens is 344 g/mol. The van der Waals surface area contributed by atoms with Crippen molar-refractivity contribution < 1.29 is 18.4 Å². The number of H-pyrrole nitrogens is 1. The van der Waals surface area contributed by atoms with E-state index in [4.69, 9.17) is 0 Å². The topological polar surface area (TPSA) is 82.3 Å². The van der Waals surface area contributed by atoms with Crippen LogP contribution in [0.4, 0.5) is 14.5 Å². The molecule has 0 atom stereocenters. The van der Waals surface area contributed by atoms with Gasteiger partial charge in [-0.25, -0.2) is 8.78 Å². The molecule has 1 aromatic heterocycles. The third-order valence-electron chi connectivity index (χ3n) is 4.40. The van der Waals surface area contributed by atoms with Crippen LogP contribution in [0.2, 0.25) is 0 Å². The summed E-state index contributed by atoms with van der Waals surface area (Å²) in [6, 6.07) is 4.14. The molecule has 1 aromatic carbocycles. The zero-order valence-corrected chi connectivity index (χ0v) is 13.8. The monoisotopic (exact) mass is 361 g/mol. The van der Waals surface area contributed by atoms with E-state index in [9.17, 15) is 23.2 Å². The number of aromatic amines is 1. The summed E-state index contributed by atoms with van der Waals surface area (Å²) in [6.45, 7) is 0.553. The van der Waals surface area contributed by atoms with Gasteiger partial charge in [-0.1, -0.05) is 0 Å². The first-order valence-corrected chi connectivity index (χ1v) is 8.18. The molecule has 2 N–H and O–H groups in total. The lowest BCUT2D eigenvalue weighted by atomic mass is 9.95. The average molecular weight is 361 g/mol. The highest BCUT2D eigenvalue weighted by Crippen LogP contribution is 2.21. The number of carbonyl (C=O) groups excluding carboxylic acids is 2. The fraction of sp³-hybridized carbons (Fsp3) is 0.278. The number of likely N-dealkylation sites (tertiary alicyclic amines) is 1. The maximum atomic E-state index is 13.8. The minimum Gasteiger partial charge on any atom is -0.366 e. The van der Waals surface area contributed by atoms with Gasteiger partial charge in [0.1, 0.15) is 17.3 Å².